The standard InChI is InChI=1S/C21H24N2O2S2/c1-13(2)15-6-3-4-8-17(15)25-10-14(24)11-26-20-19-16-7-5-9-18(16)27-21(19)23-12-22-20/h3-4,6,8,12-14,24H,5,7,9-11H2,1-2H3/t14-/m0/s1. The number of para-hydroxylation sites is 1. The molecule has 0 saturated carbocycles. The summed E-state index contributed by atoms with van der Waals surface area (Å²) in [6.45, 7) is 4.58. The van der Waals surface area contributed by atoms with Crippen molar-refractivity contribution in [3.63, 3.8) is 0 Å². The summed E-state index contributed by atoms with van der Waals surface area (Å²) in [5.74, 6) is 1.81. The minimum Gasteiger partial charge on any atom is -0.491 e. The Bertz CT molecular complexity index is 939. The largest absolute Gasteiger partial charge is 0.491 e. The molecule has 0 fully saturated rings. The first kappa shape index (κ1) is 18.7. The molecule has 1 aliphatic rings. The fourth-order valence-corrected chi connectivity index (χ4v) is 5.73. The van der Waals surface area contributed by atoms with Gasteiger partial charge < -0.3 is 9.84 Å². The lowest BCUT2D eigenvalue weighted by Crippen LogP contribution is -2.20. The first-order chi connectivity index (χ1) is 13.1. The van der Waals surface area contributed by atoms with Crippen LogP contribution >= 0.6 is 23.1 Å². The van der Waals surface area contributed by atoms with Gasteiger partial charge in [0.15, 0.2) is 0 Å². The molecule has 0 radical (unpaired) electrons. The lowest BCUT2D eigenvalue weighted by atomic mass is 10.0. The van der Waals surface area contributed by atoms with Crippen LogP contribution in [0.25, 0.3) is 10.2 Å². The highest BCUT2D eigenvalue weighted by Crippen LogP contribution is 2.40. The average molecular weight is 401 g/mol. The van der Waals surface area contributed by atoms with Crippen molar-refractivity contribution < 1.29 is 9.84 Å². The quantitative estimate of drug-likeness (QED) is 0.454. The molecular formula is C21H24N2O2S2. The summed E-state index contributed by atoms with van der Waals surface area (Å²) in [6.07, 6.45) is 4.59. The van der Waals surface area contributed by atoms with Gasteiger partial charge in [0.1, 0.15) is 28.5 Å². The number of ether oxygens (including phenoxy) is 1. The maximum absolute atomic E-state index is 10.4. The minimum absolute atomic E-state index is 0.284. The number of aliphatic hydroxyl groups excluding tert-OH is 1. The van der Waals surface area contributed by atoms with E-state index in [1.165, 1.54) is 27.8 Å². The third-order valence-corrected chi connectivity index (χ3v) is 7.19. The van der Waals surface area contributed by atoms with E-state index < -0.39 is 6.10 Å². The van der Waals surface area contributed by atoms with Gasteiger partial charge in [0.2, 0.25) is 0 Å². The normalized spacial score (nSPS) is 14.7. The van der Waals surface area contributed by atoms with E-state index in [4.69, 9.17) is 4.74 Å². The van der Waals surface area contributed by atoms with Gasteiger partial charge in [-0.05, 0) is 42.4 Å². The van der Waals surface area contributed by atoms with Gasteiger partial charge in [-0.1, -0.05) is 32.0 Å². The third kappa shape index (κ3) is 3.98. The number of fused-ring (bicyclic) bond motifs is 3. The van der Waals surface area contributed by atoms with Gasteiger partial charge in [0, 0.05) is 16.0 Å². The molecule has 1 atom stereocenters. The first-order valence-electron chi connectivity index (χ1n) is 9.41. The zero-order valence-corrected chi connectivity index (χ0v) is 17.3. The molecule has 4 rings (SSSR count). The number of thioether (sulfide) groups is 1. The third-order valence-electron chi connectivity index (χ3n) is 4.85. The van der Waals surface area contributed by atoms with E-state index in [0.717, 1.165) is 28.4 Å². The predicted octanol–water partition coefficient (Wildman–Crippen LogP) is 4.84. The van der Waals surface area contributed by atoms with Gasteiger partial charge in [-0.2, -0.15) is 0 Å². The number of hydrogen-bond acceptors (Lipinski definition) is 6. The van der Waals surface area contributed by atoms with Crippen molar-refractivity contribution in [1.82, 2.24) is 9.97 Å². The van der Waals surface area contributed by atoms with E-state index >= 15 is 0 Å². The summed E-state index contributed by atoms with van der Waals surface area (Å²) in [4.78, 5) is 11.5. The summed E-state index contributed by atoms with van der Waals surface area (Å²) in [5, 5.41) is 12.6. The van der Waals surface area contributed by atoms with E-state index in [1.807, 2.05) is 18.2 Å². The molecule has 4 nitrogen and oxygen atoms in total. The van der Waals surface area contributed by atoms with Crippen LogP contribution in [0.15, 0.2) is 35.6 Å². The molecule has 0 unspecified atom stereocenters. The van der Waals surface area contributed by atoms with Crippen molar-refractivity contribution >= 4 is 33.3 Å². The number of aromatic nitrogens is 2. The summed E-state index contributed by atoms with van der Waals surface area (Å²) in [7, 11) is 0. The van der Waals surface area contributed by atoms with Crippen LogP contribution in [-0.2, 0) is 12.8 Å². The molecule has 3 aromatic rings. The van der Waals surface area contributed by atoms with Crippen molar-refractivity contribution in [3.8, 4) is 5.75 Å². The molecule has 1 aliphatic carbocycles. The molecule has 0 bridgehead atoms. The Morgan fingerprint density at radius 1 is 1.22 bits per heavy atom. The zero-order valence-electron chi connectivity index (χ0n) is 15.6. The highest BCUT2D eigenvalue weighted by Gasteiger charge is 2.21. The van der Waals surface area contributed by atoms with Gasteiger partial charge in [-0.25, -0.2) is 9.97 Å². The molecule has 2 aromatic heterocycles. The molecule has 142 valence electrons. The number of hydrogen-bond donors (Lipinski definition) is 1. The van der Waals surface area contributed by atoms with Crippen LogP contribution in [0.3, 0.4) is 0 Å². The summed E-state index contributed by atoms with van der Waals surface area (Å²) in [5.41, 5.74) is 2.60. The minimum atomic E-state index is -0.549. The number of benzene rings is 1. The highest BCUT2D eigenvalue weighted by molar-refractivity contribution is 7.99. The fraction of sp³-hybridized carbons (Fsp3) is 0.429. The molecular weight excluding hydrogens is 376 g/mol. The molecule has 0 aliphatic heterocycles. The lowest BCUT2D eigenvalue weighted by Gasteiger charge is -2.16. The van der Waals surface area contributed by atoms with E-state index in [-0.39, 0.29) is 6.61 Å². The van der Waals surface area contributed by atoms with Crippen LogP contribution in [0.2, 0.25) is 0 Å². The lowest BCUT2D eigenvalue weighted by molar-refractivity contribution is 0.125. The maximum atomic E-state index is 10.4. The SMILES string of the molecule is CC(C)c1ccccc1OC[C@H](O)CSc1ncnc2sc3c(c12)CCC3. The Labute approximate surface area is 168 Å². The Kier molecular flexibility index (Phi) is 5.66. The Hall–Kier alpha value is -1.63. The number of thiophene rings is 1. The molecule has 0 spiro atoms. The van der Waals surface area contributed by atoms with Crippen molar-refractivity contribution in [3.05, 3.63) is 46.6 Å². The smallest absolute Gasteiger partial charge is 0.128 e. The molecule has 1 N–H and O–H groups in total. The average Bonchev–Trinajstić information content (AvgIpc) is 3.25. The van der Waals surface area contributed by atoms with Gasteiger partial charge in [-0.3, -0.25) is 0 Å². The Morgan fingerprint density at radius 3 is 2.93 bits per heavy atom. The maximum Gasteiger partial charge on any atom is 0.128 e. The van der Waals surface area contributed by atoms with Crippen LogP contribution in [0.4, 0.5) is 0 Å². The van der Waals surface area contributed by atoms with Crippen molar-refractivity contribution in [2.75, 3.05) is 12.4 Å². The van der Waals surface area contributed by atoms with Gasteiger partial charge in [0.25, 0.3) is 0 Å². The first-order valence-corrected chi connectivity index (χ1v) is 11.2. The number of aliphatic hydroxyl groups is 1. The van der Waals surface area contributed by atoms with Crippen LogP contribution in [0, 0.1) is 0 Å². The Morgan fingerprint density at radius 2 is 2.07 bits per heavy atom. The molecule has 0 saturated heterocycles. The molecule has 1 aromatic carbocycles. The van der Waals surface area contributed by atoms with Crippen LogP contribution in [0.5, 0.6) is 5.75 Å². The van der Waals surface area contributed by atoms with Crippen molar-refractivity contribution in [2.45, 2.75) is 50.2 Å². The van der Waals surface area contributed by atoms with E-state index in [2.05, 4.69) is 29.9 Å². The predicted molar refractivity (Wildman–Crippen MR) is 112 cm³/mol. The fourth-order valence-electron chi connectivity index (χ4n) is 3.51. The monoisotopic (exact) mass is 400 g/mol. The van der Waals surface area contributed by atoms with Crippen LogP contribution < -0.4 is 4.74 Å². The summed E-state index contributed by atoms with van der Waals surface area (Å²) in [6, 6.07) is 8.04. The van der Waals surface area contributed by atoms with Crippen LogP contribution in [0.1, 0.15) is 42.2 Å². The van der Waals surface area contributed by atoms with Gasteiger partial charge in [0.05, 0.1) is 6.10 Å². The number of aryl methyl sites for hydroxylation is 2. The zero-order chi connectivity index (χ0) is 18.8. The van der Waals surface area contributed by atoms with Gasteiger partial charge >= 0.3 is 0 Å². The molecule has 6 heteroatoms. The second-order valence-corrected chi connectivity index (χ2v) is 9.28. The van der Waals surface area contributed by atoms with Crippen molar-refractivity contribution in [2.24, 2.45) is 0 Å². The number of nitrogens with zero attached hydrogens (tertiary/aromatic N) is 2. The van der Waals surface area contributed by atoms with Gasteiger partial charge in [-0.15, -0.1) is 23.1 Å². The van der Waals surface area contributed by atoms with E-state index in [1.54, 1.807) is 29.4 Å². The van der Waals surface area contributed by atoms with Crippen molar-refractivity contribution in [1.29, 1.82) is 0 Å². The molecule has 27 heavy (non-hydrogen) atoms. The number of rotatable bonds is 7. The topological polar surface area (TPSA) is 55.2 Å². The van der Waals surface area contributed by atoms with E-state index in [0.29, 0.717) is 11.7 Å². The molecule has 0 amide bonds. The second-order valence-electron chi connectivity index (χ2n) is 7.18. The van der Waals surface area contributed by atoms with Crippen LogP contribution in [-0.4, -0.2) is 33.5 Å². The summed E-state index contributed by atoms with van der Waals surface area (Å²) >= 11 is 3.39. The van der Waals surface area contributed by atoms with E-state index in [9.17, 15) is 5.11 Å². The Balaban J connectivity index is 1.40. The highest BCUT2D eigenvalue weighted by atomic mass is 32.2. The second kappa shape index (κ2) is 8.17. The summed E-state index contributed by atoms with van der Waals surface area (Å²) < 4.78 is 5.90. The molecule has 2 heterocycles.